The number of anilines is 1. The van der Waals surface area contributed by atoms with E-state index in [1.165, 1.54) is 4.90 Å². The van der Waals surface area contributed by atoms with Crippen molar-refractivity contribution in [3.63, 3.8) is 0 Å². The molecule has 128 valence electrons. The van der Waals surface area contributed by atoms with E-state index in [1.54, 1.807) is 48.5 Å². The van der Waals surface area contributed by atoms with Crippen LogP contribution >= 0.6 is 0 Å². The van der Waals surface area contributed by atoms with Crippen LogP contribution in [0.4, 0.5) is 5.69 Å². The number of imide groups is 1. The summed E-state index contributed by atoms with van der Waals surface area (Å²) in [5, 5.41) is 2.87. The van der Waals surface area contributed by atoms with Crippen LogP contribution in [0, 0.1) is 5.92 Å². The van der Waals surface area contributed by atoms with Gasteiger partial charge in [0.05, 0.1) is 23.2 Å². The van der Waals surface area contributed by atoms with Crippen molar-refractivity contribution in [2.45, 2.75) is 20.3 Å². The molecule has 0 spiro atoms. The molecule has 0 saturated carbocycles. The summed E-state index contributed by atoms with van der Waals surface area (Å²) in [7, 11) is 0. The summed E-state index contributed by atoms with van der Waals surface area (Å²) in [6.07, 6.45) is 0.273. The number of amides is 3. The van der Waals surface area contributed by atoms with Crippen LogP contribution in [-0.4, -0.2) is 24.3 Å². The van der Waals surface area contributed by atoms with Crippen molar-refractivity contribution in [2.24, 2.45) is 5.92 Å². The van der Waals surface area contributed by atoms with Gasteiger partial charge in [-0.2, -0.15) is 0 Å². The van der Waals surface area contributed by atoms with Gasteiger partial charge in [-0.3, -0.25) is 14.4 Å². The van der Waals surface area contributed by atoms with Gasteiger partial charge in [0.15, 0.2) is 0 Å². The molecular formula is C20H20N2O3. The van der Waals surface area contributed by atoms with Gasteiger partial charge in [-0.25, -0.2) is 4.90 Å². The molecule has 3 rings (SSSR count). The highest BCUT2D eigenvalue weighted by Gasteiger charge is 2.36. The van der Waals surface area contributed by atoms with Gasteiger partial charge in [0.1, 0.15) is 0 Å². The molecule has 5 nitrogen and oxygen atoms in total. The highest BCUT2D eigenvalue weighted by atomic mass is 16.2. The van der Waals surface area contributed by atoms with Gasteiger partial charge >= 0.3 is 0 Å². The third-order valence-electron chi connectivity index (χ3n) is 4.06. The van der Waals surface area contributed by atoms with Crippen molar-refractivity contribution in [1.29, 1.82) is 0 Å². The number of carbonyl (C=O) groups excluding carboxylic acids is 3. The minimum Gasteiger partial charge on any atom is -0.356 e. The predicted molar refractivity (Wildman–Crippen MR) is 95.6 cm³/mol. The minimum absolute atomic E-state index is 0.0396. The smallest absolute Gasteiger partial charge is 0.266 e. The van der Waals surface area contributed by atoms with Crippen LogP contribution < -0.4 is 10.2 Å². The molecule has 0 bridgehead atoms. The van der Waals surface area contributed by atoms with Gasteiger partial charge in [0.25, 0.3) is 11.8 Å². The van der Waals surface area contributed by atoms with Crippen molar-refractivity contribution in [3.8, 4) is 0 Å². The zero-order chi connectivity index (χ0) is 18.0. The molecule has 3 amide bonds. The van der Waals surface area contributed by atoms with Crippen molar-refractivity contribution in [1.82, 2.24) is 5.32 Å². The minimum atomic E-state index is -0.317. The molecule has 1 aliphatic heterocycles. The van der Waals surface area contributed by atoms with Crippen LogP contribution in [0.25, 0.3) is 0 Å². The van der Waals surface area contributed by atoms with Gasteiger partial charge in [-0.1, -0.05) is 38.1 Å². The Labute approximate surface area is 146 Å². The maximum atomic E-state index is 12.5. The molecule has 1 aliphatic rings. The number of nitrogens with zero attached hydrogens (tertiary/aromatic N) is 1. The number of nitrogens with one attached hydrogen (secondary N) is 1. The largest absolute Gasteiger partial charge is 0.356 e. The van der Waals surface area contributed by atoms with Crippen LogP contribution in [0.2, 0.25) is 0 Å². The Bertz CT molecular complexity index is 790. The molecule has 0 aromatic heterocycles. The van der Waals surface area contributed by atoms with Crippen molar-refractivity contribution in [2.75, 3.05) is 11.4 Å². The first-order chi connectivity index (χ1) is 12.0. The lowest BCUT2D eigenvalue weighted by Crippen LogP contribution is -2.29. The monoisotopic (exact) mass is 336 g/mol. The van der Waals surface area contributed by atoms with Crippen LogP contribution in [0.3, 0.4) is 0 Å². The van der Waals surface area contributed by atoms with Crippen molar-refractivity contribution in [3.05, 3.63) is 65.2 Å². The van der Waals surface area contributed by atoms with E-state index in [0.717, 1.165) is 5.56 Å². The first-order valence-electron chi connectivity index (χ1n) is 8.31. The fraction of sp³-hybridized carbons (Fsp3) is 0.250. The molecule has 2 aromatic rings. The lowest BCUT2D eigenvalue weighted by Gasteiger charge is -2.14. The number of carbonyl (C=O) groups is 3. The molecule has 0 fully saturated rings. The molecule has 25 heavy (non-hydrogen) atoms. The zero-order valence-electron chi connectivity index (χ0n) is 14.3. The van der Waals surface area contributed by atoms with Crippen molar-refractivity contribution < 1.29 is 14.4 Å². The van der Waals surface area contributed by atoms with Crippen LogP contribution in [0.5, 0.6) is 0 Å². The quantitative estimate of drug-likeness (QED) is 0.854. The topological polar surface area (TPSA) is 66.5 Å². The average molecular weight is 336 g/mol. The van der Waals surface area contributed by atoms with Crippen molar-refractivity contribution >= 4 is 23.4 Å². The van der Waals surface area contributed by atoms with Gasteiger partial charge in [0, 0.05) is 6.54 Å². The summed E-state index contributed by atoms with van der Waals surface area (Å²) in [5.41, 5.74) is 2.19. The van der Waals surface area contributed by atoms with E-state index in [2.05, 4.69) is 5.32 Å². The number of fused-ring (bicyclic) bond motifs is 1. The molecule has 0 atom stereocenters. The Morgan fingerprint density at radius 1 is 0.960 bits per heavy atom. The molecule has 1 N–H and O–H groups in total. The molecule has 0 radical (unpaired) electrons. The second-order valence-corrected chi connectivity index (χ2v) is 6.53. The van der Waals surface area contributed by atoms with E-state index in [-0.39, 0.29) is 24.1 Å². The molecular weight excluding hydrogens is 316 g/mol. The summed E-state index contributed by atoms with van der Waals surface area (Å²) in [6.45, 7) is 4.72. The maximum absolute atomic E-state index is 12.5. The van der Waals surface area contributed by atoms with Gasteiger partial charge in [-0.05, 0) is 35.7 Å². The second kappa shape index (κ2) is 6.89. The van der Waals surface area contributed by atoms with E-state index >= 15 is 0 Å². The Morgan fingerprint density at radius 2 is 1.52 bits per heavy atom. The summed E-state index contributed by atoms with van der Waals surface area (Å²) < 4.78 is 0. The zero-order valence-corrected chi connectivity index (χ0v) is 14.3. The van der Waals surface area contributed by atoms with E-state index in [0.29, 0.717) is 29.3 Å². The van der Waals surface area contributed by atoms with Gasteiger partial charge in [-0.15, -0.1) is 0 Å². The number of rotatable bonds is 5. The van der Waals surface area contributed by atoms with Gasteiger partial charge in [0.2, 0.25) is 5.91 Å². The van der Waals surface area contributed by atoms with Crippen LogP contribution in [-0.2, 0) is 11.2 Å². The Hall–Kier alpha value is -2.95. The first kappa shape index (κ1) is 16.9. The standard InChI is InChI=1S/C20H20N2O3/c1-13(2)12-21-18(23)11-14-7-9-15(10-8-14)22-19(24)16-5-3-4-6-17(16)20(22)25/h3-10,13H,11-12H2,1-2H3,(H,21,23). The second-order valence-electron chi connectivity index (χ2n) is 6.53. The summed E-state index contributed by atoms with van der Waals surface area (Å²) in [5.74, 6) is -0.270. The van der Waals surface area contributed by atoms with Crippen LogP contribution in [0.15, 0.2) is 48.5 Å². The lowest BCUT2D eigenvalue weighted by molar-refractivity contribution is -0.120. The third-order valence-corrected chi connectivity index (χ3v) is 4.06. The van der Waals surface area contributed by atoms with Gasteiger partial charge < -0.3 is 5.32 Å². The number of benzene rings is 2. The highest BCUT2D eigenvalue weighted by molar-refractivity contribution is 6.34. The fourth-order valence-corrected chi connectivity index (χ4v) is 2.75. The van der Waals surface area contributed by atoms with E-state index in [1.807, 2.05) is 13.8 Å². The maximum Gasteiger partial charge on any atom is 0.266 e. The van der Waals surface area contributed by atoms with E-state index in [9.17, 15) is 14.4 Å². The number of hydrogen-bond donors (Lipinski definition) is 1. The third kappa shape index (κ3) is 3.45. The summed E-state index contributed by atoms with van der Waals surface area (Å²) in [6, 6.07) is 13.7. The Balaban J connectivity index is 1.72. The molecule has 2 aromatic carbocycles. The molecule has 0 aliphatic carbocycles. The lowest BCUT2D eigenvalue weighted by atomic mass is 10.1. The SMILES string of the molecule is CC(C)CNC(=O)Cc1ccc(N2C(=O)c3ccccc3C2=O)cc1. The first-order valence-corrected chi connectivity index (χ1v) is 8.31. The predicted octanol–water partition coefficient (Wildman–Crippen LogP) is 2.80. The Kier molecular flexibility index (Phi) is 4.65. The number of hydrogen-bond acceptors (Lipinski definition) is 3. The van der Waals surface area contributed by atoms with E-state index < -0.39 is 0 Å². The fourth-order valence-electron chi connectivity index (χ4n) is 2.75. The van der Waals surface area contributed by atoms with E-state index in [4.69, 9.17) is 0 Å². The summed E-state index contributed by atoms with van der Waals surface area (Å²) in [4.78, 5) is 38.0. The molecule has 0 unspecified atom stereocenters. The average Bonchev–Trinajstić information content (AvgIpc) is 2.85. The summed E-state index contributed by atoms with van der Waals surface area (Å²) >= 11 is 0. The Morgan fingerprint density at radius 3 is 2.04 bits per heavy atom. The normalized spacial score (nSPS) is 13.3. The molecule has 0 saturated heterocycles. The highest BCUT2D eigenvalue weighted by Crippen LogP contribution is 2.28. The molecule has 5 heteroatoms. The van der Waals surface area contributed by atoms with Crippen LogP contribution in [0.1, 0.15) is 40.1 Å². The molecule has 1 heterocycles.